The quantitative estimate of drug-likeness (QED) is 0.535. The monoisotopic (exact) mass is 230 g/mol. The highest BCUT2D eigenvalue weighted by Crippen LogP contribution is 2.16. The maximum Gasteiger partial charge on any atom is 0.237 e. The first-order valence-corrected chi connectivity index (χ1v) is 6.27. The van der Waals surface area contributed by atoms with Crippen molar-refractivity contribution in [2.45, 2.75) is 26.8 Å². The minimum atomic E-state index is -0.443. The van der Waals surface area contributed by atoms with E-state index in [0.29, 0.717) is 6.54 Å². The van der Waals surface area contributed by atoms with Crippen LogP contribution in [0.3, 0.4) is 0 Å². The van der Waals surface area contributed by atoms with E-state index in [9.17, 15) is 4.79 Å². The Morgan fingerprint density at radius 2 is 2.20 bits per heavy atom. The van der Waals surface area contributed by atoms with E-state index in [4.69, 9.17) is 5.73 Å². The molecule has 0 rings (SSSR count). The van der Waals surface area contributed by atoms with Gasteiger partial charge in [-0.1, -0.05) is 26.8 Å². The molecule has 3 N–H and O–H groups in total. The molecule has 0 aromatic heterocycles. The summed E-state index contributed by atoms with van der Waals surface area (Å²) < 4.78 is 0. The zero-order valence-corrected chi connectivity index (χ0v) is 10.7. The third-order valence-corrected chi connectivity index (χ3v) is 2.96. The Bertz CT molecular complexity index is 211. The third kappa shape index (κ3) is 6.57. The summed E-state index contributed by atoms with van der Waals surface area (Å²) >= 11 is 1.74. The van der Waals surface area contributed by atoms with Crippen molar-refractivity contribution in [2.75, 3.05) is 18.1 Å². The molecule has 0 saturated heterocycles. The van der Waals surface area contributed by atoms with Gasteiger partial charge in [0, 0.05) is 18.1 Å². The van der Waals surface area contributed by atoms with Crippen LogP contribution in [0, 0.1) is 5.41 Å². The minimum absolute atomic E-state index is 0.0679. The number of hydrogen-bond acceptors (Lipinski definition) is 3. The molecule has 0 spiro atoms. The average Bonchev–Trinajstić information content (AvgIpc) is 2.14. The summed E-state index contributed by atoms with van der Waals surface area (Å²) in [4.78, 5) is 11.6. The van der Waals surface area contributed by atoms with Crippen LogP contribution in [0.4, 0.5) is 0 Å². The first-order valence-electron chi connectivity index (χ1n) is 5.11. The first kappa shape index (κ1) is 14.5. The molecule has 88 valence electrons. The smallest absolute Gasteiger partial charge is 0.237 e. The topological polar surface area (TPSA) is 55.1 Å². The van der Waals surface area contributed by atoms with E-state index in [0.717, 1.165) is 11.5 Å². The van der Waals surface area contributed by atoms with Crippen molar-refractivity contribution in [2.24, 2.45) is 11.1 Å². The van der Waals surface area contributed by atoms with E-state index in [-0.39, 0.29) is 11.3 Å². The molecule has 0 aliphatic heterocycles. The summed E-state index contributed by atoms with van der Waals surface area (Å²) in [5.74, 6) is 1.75. The Kier molecular flexibility index (Phi) is 6.68. The highest BCUT2D eigenvalue weighted by atomic mass is 32.2. The molecule has 4 heteroatoms. The van der Waals surface area contributed by atoms with Gasteiger partial charge in [-0.15, -0.1) is 6.58 Å². The predicted molar refractivity (Wildman–Crippen MR) is 68.0 cm³/mol. The van der Waals surface area contributed by atoms with Gasteiger partial charge < -0.3 is 11.1 Å². The summed E-state index contributed by atoms with van der Waals surface area (Å²) in [7, 11) is 0. The van der Waals surface area contributed by atoms with Crippen molar-refractivity contribution in [3.05, 3.63) is 12.7 Å². The standard InChI is InChI=1S/C11H22N2OS/c1-5-7-15-8-6-13-10(14)9(12)11(2,3)4/h5,9H,1,6-8,12H2,2-4H3,(H,13,14)/t9-/m1/s1. The van der Waals surface area contributed by atoms with E-state index < -0.39 is 6.04 Å². The second-order valence-electron chi connectivity index (χ2n) is 4.50. The number of carbonyl (C=O) groups excluding carboxylic acids is 1. The van der Waals surface area contributed by atoms with Gasteiger partial charge in [0.05, 0.1) is 6.04 Å². The molecule has 1 amide bonds. The molecule has 0 aromatic carbocycles. The molecule has 0 unspecified atom stereocenters. The molecule has 3 nitrogen and oxygen atoms in total. The second kappa shape index (κ2) is 6.90. The molecular formula is C11H22N2OS. The van der Waals surface area contributed by atoms with E-state index in [1.54, 1.807) is 11.8 Å². The molecule has 0 bridgehead atoms. The number of carbonyl (C=O) groups is 1. The lowest BCUT2D eigenvalue weighted by Crippen LogP contribution is -2.49. The number of nitrogens with two attached hydrogens (primary N) is 1. The Labute approximate surface area is 96.9 Å². The van der Waals surface area contributed by atoms with Crippen molar-refractivity contribution >= 4 is 17.7 Å². The third-order valence-electron chi connectivity index (χ3n) is 2.00. The molecule has 0 radical (unpaired) electrons. The SMILES string of the molecule is C=CCSCCNC(=O)[C@@H](N)C(C)(C)C. The predicted octanol–water partition coefficient (Wildman–Crippen LogP) is 1.40. The van der Waals surface area contributed by atoms with Crippen molar-refractivity contribution in [1.29, 1.82) is 0 Å². The maximum absolute atomic E-state index is 11.6. The van der Waals surface area contributed by atoms with Crippen LogP contribution in [0.1, 0.15) is 20.8 Å². The second-order valence-corrected chi connectivity index (χ2v) is 5.65. The molecule has 0 fully saturated rings. The van der Waals surface area contributed by atoms with Crippen LogP contribution < -0.4 is 11.1 Å². The van der Waals surface area contributed by atoms with Crippen LogP contribution >= 0.6 is 11.8 Å². The lowest BCUT2D eigenvalue weighted by atomic mass is 9.87. The average molecular weight is 230 g/mol. The van der Waals surface area contributed by atoms with E-state index in [2.05, 4.69) is 11.9 Å². The van der Waals surface area contributed by atoms with E-state index in [1.807, 2.05) is 26.8 Å². The molecule has 0 saturated carbocycles. The maximum atomic E-state index is 11.6. The van der Waals surface area contributed by atoms with Gasteiger partial charge in [-0.2, -0.15) is 11.8 Å². The first-order chi connectivity index (χ1) is 6.89. The van der Waals surface area contributed by atoms with Crippen LogP contribution in [-0.4, -0.2) is 30.0 Å². The molecule has 0 aliphatic rings. The van der Waals surface area contributed by atoms with Crippen molar-refractivity contribution in [3.8, 4) is 0 Å². The number of rotatable bonds is 6. The van der Waals surface area contributed by atoms with Gasteiger partial charge in [-0.05, 0) is 5.41 Å². The zero-order chi connectivity index (χ0) is 11.9. The molecular weight excluding hydrogens is 208 g/mol. The zero-order valence-electron chi connectivity index (χ0n) is 9.88. The van der Waals surface area contributed by atoms with E-state index in [1.165, 1.54) is 0 Å². The summed E-state index contributed by atoms with van der Waals surface area (Å²) in [5.41, 5.74) is 5.62. The summed E-state index contributed by atoms with van der Waals surface area (Å²) in [5, 5.41) is 2.83. The van der Waals surface area contributed by atoms with Crippen LogP contribution in [0.15, 0.2) is 12.7 Å². The van der Waals surface area contributed by atoms with Crippen molar-refractivity contribution in [1.82, 2.24) is 5.32 Å². The largest absolute Gasteiger partial charge is 0.354 e. The normalized spacial score (nSPS) is 13.3. The van der Waals surface area contributed by atoms with Crippen molar-refractivity contribution < 1.29 is 4.79 Å². The summed E-state index contributed by atoms with van der Waals surface area (Å²) in [6.45, 7) is 10.2. The Morgan fingerprint density at radius 1 is 1.60 bits per heavy atom. The van der Waals surface area contributed by atoms with Gasteiger partial charge in [0.2, 0.25) is 5.91 Å². The molecule has 0 aliphatic carbocycles. The van der Waals surface area contributed by atoms with Gasteiger partial charge in [-0.25, -0.2) is 0 Å². The minimum Gasteiger partial charge on any atom is -0.354 e. The fraction of sp³-hybridized carbons (Fsp3) is 0.727. The van der Waals surface area contributed by atoms with Crippen LogP contribution in [-0.2, 0) is 4.79 Å². The number of hydrogen-bond donors (Lipinski definition) is 2. The fourth-order valence-electron chi connectivity index (χ4n) is 0.916. The van der Waals surface area contributed by atoms with E-state index >= 15 is 0 Å². The number of nitrogens with one attached hydrogen (secondary N) is 1. The molecule has 0 aromatic rings. The number of thioether (sulfide) groups is 1. The molecule has 15 heavy (non-hydrogen) atoms. The molecule has 1 atom stereocenters. The van der Waals surface area contributed by atoms with Gasteiger partial charge >= 0.3 is 0 Å². The highest BCUT2D eigenvalue weighted by Gasteiger charge is 2.26. The molecule has 0 heterocycles. The Hall–Kier alpha value is -0.480. The van der Waals surface area contributed by atoms with Gasteiger partial charge in [0.1, 0.15) is 0 Å². The summed E-state index contributed by atoms with van der Waals surface area (Å²) in [6, 6.07) is -0.443. The fourth-order valence-corrected chi connectivity index (χ4v) is 1.50. The summed E-state index contributed by atoms with van der Waals surface area (Å²) in [6.07, 6.45) is 1.85. The lowest BCUT2D eigenvalue weighted by molar-refractivity contribution is -0.124. The Morgan fingerprint density at radius 3 is 2.67 bits per heavy atom. The van der Waals surface area contributed by atoms with Crippen LogP contribution in [0.25, 0.3) is 0 Å². The van der Waals surface area contributed by atoms with Gasteiger partial charge in [0.15, 0.2) is 0 Å². The van der Waals surface area contributed by atoms with Crippen LogP contribution in [0.2, 0.25) is 0 Å². The highest BCUT2D eigenvalue weighted by molar-refractivity contribution is 7.99. The van der Waals surface area contributed by atoms with Crippen LogP contribution in [0.5, 0.6) is 0 Å². The number of amides is 1. The van der Waals surface area contributed by atoms with Gasteiger partial charge in [-0.3, -0.25) is 4.79 Å². The lowest BCUT2D eigenvalue weighted by Gasteiger charge is -2.25. The van der Waals surface area contributed by atoms with Crippen molar-refractivity contribution in [3.63, 3.8) is 0 Å². The van der Waals surface area contributed by atoms with Gasteiger partial charge in [0.25, 0.3) is 0 Å². The Balaban J connectivity index is 3.70.